The zero-order valence-corrected chi connectivity index (χ0v) is 17.2. The quantitative estimate of drug-likeness (QED) is 0.519. The third kappa shape index (κ3) is 4.60. The molecule has 3 rings (SSSR count). The molecule has 0 amide bonds. The van der Waals surface area contributed by atoms with Gasteiger partial charge in [-0.25, -0.2) is 0 Å². The minimum absolute atomic E-state index is 0.429. The normalized spacial score (nSPS) is 11.2. The Bertz CT molecular complexity index is 902. The minimum Gasteiger partial charge on any atom is -0.493 e. The van der Waals surface area contributed by atoms with Gasteiger partial charge in [-0.1, -0.05) is 26.0 Å². The lowest BCUT2D eigenvalue weighted by Crippen LogP contribution is -2.17. The molecule has 0 spiro atoms. The van der Waals surface area contributed by atoms with Crippen molar-refractivity contribution in [1.82, 2.24) is 9.72 Å². The van der Waals surface area contributed by atoms with Gasteiger partial charge < -0.3 is 23.9 Å². The zero-order valence-electron chi connectivity index (χ0n) is 17.2. The Morgan fingerprint density at radius 2 is 1.86 bits per heavy atom. The van der Waals surface area contributed by atoms with Gasteiger partial charge in [-0.05, 0) is 48.7 Å². The van der Waals surface area contributed by atoms with E-state index in [-0.39, 0.29) is 0 Å². The molecular formula is C23H30N2O3. The third-order valence-corrected chi connectivity index (χ3v) is 4.81. The van der Waals surface area contributed by atoms with E-state index in [4.69, 9.17) is 14.2 Å². The van der Waals surface area contributed by atoms with E-state index in [2.05, 4.69) is 48.1 Å². The first-order chi connectivity index (χ1) is 13.6. The number of rotatable bonds is 10. The van der Waals surface area contributed by atoms with Crippen LogP contribution in [0.15, 0.2) is 48.8 Å². The van der Waals surface area contributed by atoms with E-state index >= 15 is 0 Å². The van der Waals surface area contributed by atoms with Crippen molar-refractivity contribution < 1.29 is 14.2 Å². The summed E-state index contributed by atoms with van der Waals surface area (Å²) in [5.41, 5.74) is 3.55. The van der Waals surface area contributed by atoms with Crippen LogP contribution in [0.1, 0.15) is 37.3 Å². The van der Waals surface area contributed by atoms with E-state index in [1.54, 1.807) is 14.2 Å². The highest BCUT2D eigenvalue weighted by atomic mass is 16.5. The molecule has 1 N–H and O–H groups in total. The Morgan fingerprint density at radius 3 is 2.61 bits per heavy atom. The Balaban J connectivity index is 1.49. The predicted octanol–water partition coefficient (Wildman–Crippen LogP) is 4.64. The number of methoxy groups -OCH3 is 2. The molecule has 3 aromatic rings. The molecule has 0 atom stereocenters. The SMILES string of the molecule is COc1ccc(CNCCCOc2c(C(C)C)cn3ccccc23)cc1OC. The second kappa shape index (κ2) is 9.51. The number of nitrogens with zero attached hydrogens (tertiary/aromatic N) is 1. The predicted molar refractivity (Wildman–Crippen MR) is 113 cm³/mol. The molecular weight excluding hydrogens is 352 g/mol. The summed E-state index contributed by atoms with van der Waals surface area (Å²) in [6.07, 6.45) is 5.18. The van der Waals surface area contributed by atoms with Gasteiger partial charge in [-0.15, -0.1) is 0 Å². The van der Waals surface area contributed by atoms with Gasteiger partial charge in [0.2, 0.25) is 0 Å². The number of hydrogen-bond acceptors (Lipinski definition) is 4. The molecule has 0 radical (unpaired) electrons. The summed E-state index contributed by atoms with van der Waals surface area (Å²) in [6, 6.07) is 12.2. The molecule has 0 saturated heterocycles. The highest BCUT2D eigenvalue weighted by Crippen LogP contribution is 2.32. The van der Waals surface area contributed by atoms with Crippen molar-refractivity contribution in [3.05, 3.63) is 59.9 Å². The lowest BCUT2D eigenvalue weighted by Gasteiger charge is -2.12. The van der Waals surface area contributed by atoms with Crippen LogP contribution in [0.5, 0.6) is 17.2 Å². The summed E-state index contributed by atoms with van der Waals surface area (Å²) in [4.78, 5) is 0. The first kappa shape index (κ1) is 20.1. The first-order valence-electron chi connectivity index (χ1n) is 9.78. The van der Waals surface area contributed by atoms with E-state index in [1.807, 2.05) is 24.3 Å². The van der Waals surface area contributed by atoms with Gasteiger partial charge in [0.05, 0.1) is 26.3 Å². The summed E-state index contributed by atoms with van der Waals surface area (Å²) >= 11 is 0. The number of pyridine rings is 1. The van der Waals surface area contributed by atoms with Crippen LogP contribution in [0.4, 0.5) is 0 Å². The molecule has 1 aromatic carbocycles. The second-order valence-corrected chi connectivity index (χ2v) is 7.13. The topological polar surface area (TPSA) is 44.1 Å². The molecule has 2 heterocycles. The van der Waals surface area contributed by atoms with Crippen LogP contribution in [0, 0.1) is 0 Å². The van der Waals surface area contributed by atoms with Crippen molar-refractivity contribution >= 4 is 5.52 Å². The van der Waals surface area contributed by atoms with Crippen LogP contribution in [0.3, 0.4) is 0 Å². The van der Waals surface area contributed by atoms with Crippen molar-refractivity contribution in [1.29, 1.82) is 0 Å². The molecule has 150 valence electrons. The Morgan fingerprint density at radius 1 is 1.04 bits per heavy atom. The fraction of sp³-hybridized carbons (Fsp3) is 0.391. The van der Waals surface area contributed by atoms with Gasteiger partial charge in [-0.3, -0.25) is 0 Å². The number of benzene rings is 1. The highest BCUT2D eigenvalue weighted by molar-refractivity contribution is 5.65. The van der Waals surface area contributed by atoms with E-state index < -0.39 is 0 Å². The smallest absolute Gasteiger partial charge is 0.161 e. The van der Waals surface area contributed by atoms with Crippen molar-refractivity contribution in [3.8, 4) is 17.2 Å². The van der Waals surface area contributed by atoms with Crippen LogP contribution >= 0.6 is 0 Å². The Hall–Kier alpha value is -2.66. The second-order valence-electron chi connectivity index (χ2n) is 7.13. The maximum atomic E-state index is 6.17. The van der Waals surface area contributed by atoms with Crippen molar-refractivity contribution in [3.63, 3.8) is 0 Å². The average molecular weight is 383 g/mol. The van der Waals surface area contributed by atoms with Crippen LogP contribution < -0.4 is 19.5 Å². The molecule has 0 aliphatic rings. The molecule has 0 bridgehead atoms. The standard InChI is InChI=1S/C23H30N2O3/c1-17(2)19-16-25-12-6-5-8-20(25)23(19)28-13-7-11-24-15-18-9-10-21(26-3)22(14-18)27-4/h5-6,8-10,12,14,16-17,24H,7,11,13,15H2,1-4H3. The van der Waals surface area contributed by atoms with Crippen LogP contribution in [0.25, 0.3) is 5.52 Å². The molecule has 5 nitrogen and oxygen atoms in total. The van der Waals surface area contributed by atoms with Gasteiger partial charge in [-0.2, -0.15) is 0 Å². The molecule has 0 unspecified atom stereocenters. The number of ether oxygens (including phenoxy) is 3. The summed E-state index contributed by atoms with van der Waals surface area (Å²) in [5.74, 6) is 2.95. The third-order valence-electron chi connectivity index (χ3n) is 4.81. The lowest BCUT2D eigenvalue weighted by molar-refractivity contribution is 0.308. The maximum Gasteiger partial charge on any atom is 0.161 e. The molecule has 2 aromatic heterocycles. The van der Waals surface area contributed by atoms with Crippen LogP contribution in [-0.2, 0) is 6.54 Å². The minimum atomic E-state index is 0.429. The number of aromatic nitrogens is 1. The molecule has 0 saturated carbocycles. The molecule has 0 aliphatic carbocycles. The van der Waals surface area contributed by atoms with E-state index in [0.717, 1.165) is 42.3 Å². The van der Waals surface area contributed by atoms with Gasteiger partial charge in [0, 0.05) is 24.5 Å². The Kier molecular flexibility index (Phi) is 6.82. The van der Waals surface area contributed by atoms with Crippen LogP contribution in [0.2, 0.25) is 0 Å². The van der Waals surface area contributed by atoms with E-state index in [1.165, 1.54) is 11.1 Å². The summed E-state index contributed by atoms with van der Waals surface area (Å²) in [5, 5.41) is 3.46. The summed E-state index contributed by atoms with van der Waals surface area (Å²) in [6.45, 7) is 6.76. The molecule has 5 heteroatoms. The van der Waals surface area contributed by atoms with Gasteiger partial charge >= 0.3 is 0 Å². The Labute approximate surface area is 167 Å². The maximum absolute atomic E-state index is 6.17. The number of nitrogens with one attached hydrogen (secondary N) is 1. The fourth-order valence-electron chi connectivity index (χ4n) is 3.28. The summed E-state index contributed by atoms with van der Waals surface area (Å²) < 4.78 is 18.9. The van der Waals surface area contributed by atoms with Gasteiger partial charge in [0.15, 0.2) is 11.5 Å². The molecule has 0 fully saturated rings. The number of hydrogen-bond donors (Lipinski definition) is 1. The average Bonchev–Trinajstić information content (AvgIpc) is 3.09. The highest BCUT2D eigenvalue weighted by Gasteiger charge is 2.14. The largest absolute Gasteiger partial charge is 0.493 e. The van der Waals surface area contributed by atoms with Crippen molar-refractivity contribution in [2.75, 3.05) is 27.4 Å². The monoisotopic (exact) mass is 382 g/mol. The lowest BCUT2D eigenvalue weighted by atomic mass is 10.1. The summed E-state index contributed by atoms with van der Waals surface area (Å²) in [7, 11) is 3.30. The van der Waals surface area contributed by atoms with Crippen molar-refractivity contribution in [2.24, 2.45) is 0 Å². The van der Waals surface area contributed by atoms with Gasteiger partial charge in [0.25, 0.3) is 0 Å². The van der Waals surface area contributed by atoms with E-state index in [9.17, 15) is 0 Å². The molecule has 28 heavy (non-hydrogen) atoms. The zero-order chi connectivity index (χ0) is 19.9. The molecule has 0 aliphatic heterocycles. The van der Waals surface area contributed by atoms with Gasteiger partial charge in [0.1, 0.15) is 5.75 Å². The first-order valence-corrected chi connectivity index (χ1v) is 9.78. The fourth-order valence-corrected chi connectivity index (χ4v) is 3.28. The van der Waals surface area contributed by atoms with Crippen LogP contribution in [-0.4, -0.2) is 31.8 Å². The van der Waals surface area contributed by atoms with E-state index in [0.29, 0.717) is 12.5 Å². The number of fused-ring (bicyclic) bond motifs is 1. The van der Waals surface area contributed by atoms with Crippen molar-refractivity contribution in [2.45, 2.75) is 32.7 Å².